The largest absolute Gasteiger partial charge is 0.444 e. The van der Waals surface area contributed by atoms with Crippen molar-refractivity contribution in [1.82, 2.24) is 15.6 Å². The number of alkyl carbamates (subject to hydrolysis) is 1. The van der Waals surface area contributed by atoms with Crippen LogP contribution in [0.2, 0.25) is 0 Å². The molecule has 6 heteroatoms. The van der Waals surface area contributed by atoms with E-state index in [0.717, 1.165) is 26.0 Å². The van der Waals surface area contributed by atoms with Gasteiger partial charge in [0.15, 0.2) is 0 Å². The molecule has 1 saturated carbocycles. The van der Waals surface area contributed by atoms with Gasteiger partial charge in [0, 0.05) is 31.5 Å². The van der Waals surface area contributed by atoms with Gasteiger partial charge in [-0.15, -0.1) is 0 Å². The Bertz CT molecular complexity index is 524. The number of aromatic amines is 1. The second kappa shape index (κ2) is 6.53. The second-order valence-electron chi connectivity index (χ2n) is 7.44. The van der Waals surface area contributed by atoms with E-state index in [9.17, 15) is 4.79 Å². The lowest BCUT2D eigenvalue weighted by molar-refractivity contribution is -0.128. The van der Waals surface area contributed by atoms with Crippen LogP contribution in [0.3, 0.4) is 0 Å². The first-order valence-electron chi connectivity index (χ1n) is 8.40. The molecule has 23 heavy (non-hydrogen) atoms. The van der Waals surface area contributed by atoms with Crippen LogP contribution in [0.4, 0.5) is 4.79 Å². The summed E-state index contributed by atoms with van der Waals surface area (Å²) in [6, 6.07) is 2.23. The molecule has 4 atom stereocenters. The van der Waals surface area contributed by atoms with Gasteiger partial charge < -0.3 is 25.1 Å². The summed E-state index contributed by atoms with van der Waals surface area (Å²) in [5, 5.41) is 6.56. The van der Waals surface area contributed by atoms with Gasteiger partial charge >= 0.3 is 6.09 Å². The average Bonchev–Trinajstić information content (AvgIpc) is 2.97. The van der Waals surface area contributed by atoms with Crippen molar-refractivity contribution in [3.63, 3.8) is 0 Å². The van der Waals surface area contributed by atoms with Gasteiger partial charge in [-0.1, -0.05) is 0 Å². The Morgan fingerprint density at radius 3 is 2.96 bits per heavy atom. The fourth-order valence-corrected chi connectivity index (χ4v) is 3.49. The molecule has 1 aromatic heterocycles. The van der Waals surface area contributed by atoms with Crippen LogP contribution < -0.4 is 10.6 Å². The highest BCUT2D eigenvalue weighted by Crippen LogP contribution is 2.38. The SMILES string of the molecule is CC(C)(C)OC(=O)NC1C2CCCOC2C1NCc1cc[nH]c1. The smallest absolute Gasteiger partial charge is 0.407 e. The van der Waals surface area contributed by atoms with E-state index >= 15 is 0 Å². The Balaban J connectivity index is 1.59. The summed E-state index contributed by atoms with van der Waals surface area (Å²) in [7, 11) is 0. The number of H-pyrrole nitrogens is 1. The number of fused-ring (bicyclic) bond motifs is 1. The Kier molecular flexibility index (Phi) is 4.64. The van der Waals surface area contributed by atoms with Crippen LogP contribution in [0.15, 0.2) is 18.5 Å². The number of amides is 1. The molecule has 6 nitrogen and oxygen atoms in total. The molecular formula is C17H27N3O3. The summed E-state index contributed by atoms with van der Waals surface area (Å²) in [6.45, 7) is 7.19. The molecule has 4 unspecified atom stereocenters. The van der Waals surface area contributed by atoms with Crippen LogP contribution in [-0.2, 0) is 16.0 Å². The summed E-state index contributed by atoms with van der Waals surface area (Å²) in [5.41, 5.74) is 0.713. The number of carbonyl (C=O) groups excluding carboxylic acids is 1. The minimum Gasteiger partial charge on any atom is -0.444 e. The molecule has 1 aliphatic heterocycles. The maximum atomic E-state index is 12.1. The normalized spacial score (nSPS) is 30.2. The number of ether oxygens (including phenoxy) is 2. The molecule has 1 aromatic rings. The molecule has 3 N–H and O–H groups in total. The minimum atomic E-state index is -0.482. The molecule has 128 valence electrons. The van der Waals surface area contributed by atoms with Gasteiger partial charge in [-0.2, -0.15) is 0 Å². The molecule has 2 fully saturated rings. The zero-order chi connectivity index (χ0) is 16.4. The monoisotopic (exact) mass is 321 g/mol. The van der Waals surface area contributed by atoms with E-state index in [1.807, 2.05) is 39.2 Å². The molecule has 1 amide bonds. The summed E-state index contributed by atoms with van der Waals surface area (Å²) in [5.74, 6) is 0.375. The lowest BCUT2D eigenvalue weighted by Gasteiger charge is -2.54. The van der Waals surface area contributed by atoms with Gasteiger partial charge in [0.05, 0.1) is 18.2 Å². The first-order valence-corrected chi connectivity index (χ1v) is 8.40. The molecule has 1 aliphatic carbocycles. The highest BCUT2D eigenvalue weighted by Gasteiger charge is 2.53. The lowest BCUT2D eigenvalue weighted by Crippen LogP contribution is -2.73. The molecule has 2 heterocycles. The van der Waals surface area contributed by atoms with Crippen LogP contribution in [0.25, 0.3) is 0 Å². The van der Waals surface area contributed by atoms with E-state index in [2.05, 4.69) is 15.6 Å². The van der Waals surface area contributed by atoms with Crippen LogP contribution in [-0.4, -0.2) is 41.5 Å². The van der Waals surface area contributed by atoms with E-state index in [1.165, 1.54) is 5.56 Å². The Morgan fingerprint density at radius 1 is 1.43 bits per heavy atom. The quantitative estimate of drug-likeness (QED) is 0.794. The fraction of sp³-hybridized carbons (Fsp3) is 0.706. The van der Waals surface area contributed by atoms with Crippen molar-refractivity contribution in [3.05, 3.63) is 24.0 Å². The number of carbonyl (C=O) groups is 1. The van der Waals surface area contributed by atoms with E-state index in [4.69, 9.17) is 9.47 Å². The molecule has 0 bridgehead atoms. The predicted octanol–water partition coefficient (Wildman–Crippen LogP) is 2.17. The van der Waals surface area contributed by atoms with Gasteiger partial charge in [-0.05, 0) is 45.2 Å². The van der Waals surface area contributed by atoms with Crippen LogP contribution in [0, 0.1) is 5.92 Å². The highest BCUT2D eigenvalue weighted by atomic mass is 16.6. The Morgan fingerprint density at radius 2 is 2.26 bits per heavy atom. The van der Waals surface area contributed by atoms with Gasteiger partial charge in [-0.25, -0.2) is 4.79 Å². The lowest BCUT2D eigenvalue weighted by atomic mass is 9.68. The molecule has 0 radical (unpaired) electrons. The third-order valence-electron chi connectivity index (χ3n) is 4.50. The van der Waals surface area contributed by atoms with Crippen LogP contribution in [0.1, 0.15) is 39.2 Å². The van der Waals surface area contributed by atoms with E-state index in [0.29, 0.717) is 5.92 Å². The Labute approximate surface area is 137 Å². The molecule has 1 saturated heterocycles. The maximum Gasteiger partial charge on any atom is 0.407 e. The minimum absolute atomic E-state index is 0.0640. The number of nitrogens with one attached hydrogen (secondary N) is 3. The van der Waals surface area contributed by atoms with Crippen molar-refractivity contribution in [1.29, 1.82) is 0 Å². The summed E-state index contributed by atoms with van der Waals surface area (Å²) >= 11 is 0. The first kappa shape index (κ1) is 16.3. The number of aromatic nitrogens is 1. The summed E-state index contributed by atoms with van der Waals surface area (Å²) in [4.78, 5) is 15.2. The summed E-state index contributed by atoms with van der Waals surface area (Å²) in [6.07, 6.45) is 5.86. The van der Waals surface area contributed by atoms with E-state index in [1.54, 1.807) is 0 Å². The van der Waals surface area contributed by atoms with E-state index in [-0.39, 0.29) is 24.3 Å². The third-order valence-corrected chi connectivity index (χ3v) is 4.50. The topological polar surface area (TPSA) is 75.4 Å². The number of hydrogen-bond donors (Lipinski definition) is 3. The van der Waals surface area contributed by atoms with Crippen LogP contribution >= 0.6 is 0 Å². The number of rotatable bonds is 4. The van der Waals surface area contributed by atoms with Gasteiger partial charge in [-0.3, -0.25) is 0 Å². The van der Waals surface area contributed by atoms with Gasteiger partial charge in [0.25, 0.3) is 0 Å². The fourth-order valence-electron chi connectivity index (χ4n) is 3.49. The molecule has 0 aromatic carbocycles. The van der Waals surface area contributed by atoms with Crippen molar-refractivity contribution in [2.45, 2.75) is 63.9 Å². The molecular weight excluding hydrogens is 294 g/mol. The summed E-state index contributed by atoms with van der Waals surface area (Å²) < 4.78 is 11.3. The third kappa shape index (κ3) is 3.87. The van der Waals surface area contributed by atoms with Crippen molar-refractivity contribution in [2.75, 3.05) is 6.61 Å². The van der Waals surface area contributed by atoms with Gasteiger partial charge in [0.1, 0.15) is 5.60 Å². The van der Waals surface area contributed by atoms with Crippen LogP contribution in [0.5, 0.6) is 0 Å². The van der Waals surface area contributed by atoms with Crippen molar-refractivity contribution < 1.29 is 14.3 Å². The molecule has 2 aliphatic rings. The number of hydrogen-bond acceptors (Lipinski definition) is 4. The van der Waals surface area contributed by atoms with Gasteiger partial charge in [0.2, 0.25) is 0 Å². The second-order valence-corrected chi connectivity index (χ2v) is 7.44. The van der Waals surface area contributed by atoms with Crippen molar-refractivity contribution >= 4 is 6.09 Å². The predicted molar refractivity (Wildman–Crippen MR) is 87.0 cm³/mol. The van der Waals surface area contributed by atoms with E-state index < -0.39 is 5.60 Å². The highest BCUT2D eigenvalue weighted by molar-refractivity contribution is 5.68. The maximum absolute atomic E-state index is 12.1. The Hall–Kier alpha value is -1.53. The van der Waals surface area contributed by atoms with Crippen molar-refractivity contribution in [2.24, 2.45) is 5.92 Å². The standard InChI is InChI=1S/C17H27N3O3/c1-17(2,3)23-16(21)20-13-12-5-4-8-22-15(12)14(13)19-10-11-6-7-18-9-11/h6-7,9,12-15,18-19H,4-5,8,10H2,1-3H3,(H,20,21). The molecule has 0 spiro atoms. The zero-order valence-corrected chi connectivity index (χ0v) is 14.1. The van der Waals surface area contributed by atoms with Crippen molar-refractivity contribution in [3.8, 4) is 0 Å². The average molecular weight is 321 g/mol. The first-order chi connectivity index (χ1) is 10.9. The zero-order valence-electron chi connectivity index (χ0n) is 14.1. The molecule has 3 rings (SSSR count).